The number of hydrogen-bond acceptors (Lipinski definition) is 4. The maximum absolute atomic E-state index is 11.6. The molecule has 2 aromatic rings. The van der Waals surface area contributed by atoms with E-state index >= 15 is 0 Å². The molecule has 0 aromatic carbocycles. The first-order chi connectivity index (χ1) is 8.16. The summed E-state index contributed by atoms with van der Waals surface area (Å²) in [6.45, 7) is 1.87. The molecule has 3 N–H and O–H groups in total. The Morgan fingerprint density at radius 1 is 1.53 bits per heavy atom. The van der Waals surface area contributed by atoms with Crippen LogP contribution in [0.1, 0.15) is 19.8 Å². The minimum absolute atomic E-state index is 0.0240. The van der Waals surface area contributed by atoms with Gasteiger partial charge in [0.2, 0.25) is 11.9 Å². The Hall–Kier alpha value is -1.95. The number of hydrogen-bond donors (Lipinski definition) is 2. The van der Waals surface area contributed by atoms with Crippen LogP contribution in [-0.2, 0) is 4.79 Å². The van der Waals surface area contributed by atoms with Crippen LogP contribution in [0.2, 0.25) is 0 Å². The third kappa shape index (κ3) is 2.79. The molecule has 1 amide bonds. The first kappa shape index (κ1) is 11.5. The first-order valence-corrected chi connectivity index (χ1v) is 5.52. The van der Waals surface area contributed by atoms with Crippen molar-refractivity contribution >= 4 is 17.5 Å². The van der Waals surface area contributed by atoms with Crippen LogP contribution >= 0.6 is 0 Å². The highest BCUT2D eigenvalue weighted by molar-refractivity contribution is 5.89. The number of fused-ring (bicyclic) bond motifs is 1. The molecule has 1 unspecified atom stereocenters. The van der Waals surface area contributed by atoms with Crippen molar-refractivity contribution in [1.29, 1.82) is 0 Å². The highest BCUT2D eigenvalue weighted by atomic mass is 16.1. The molecule has 2 aromatic heterocycles. The van der Waals surface area contributed by atoms with Crippen LogP contribution < -0.4 is 11.1 Å². The maximum atomic E-state index is 11.6. The summed E-state index contributed by atoms with van der Waals surface area (Å²) in [7, 11) is 0. The summed E-state index contributed by atoms with van der Waals surface area (Å²) >= 11 is 0. The van der Waals surface area contributed by atoms with E-state index in [0.29, 0.717) is 24.4 Å². The number of nitrogens with zero attached hydrogens (tertiary/aromatic N) is 3. The number of nitrogens with two attached hydrogens (primary N) is 1. The molecule has 0 saturated carbocycles. The summed E-state index contributed by atoms with van der Waals surface area (Å²) in [5.74, 6) is 0.343. The van der Waals surface area contributed by atoms with E-state index in [1.54, 1.807) is 10.6 Å². The summed E-state index contributed by atoms with van der Waals surface area (Å²) in [6, 6.07) is 5.57. The van der Waals surface area contributed by atoms with Gasteiger partial charge in [-0.25, -0.2) is 0 Å². The van der Waals surface area contributed by atoms with E-state index in [-0.39, 0.29) is 11.9 Å². The van der Waals surface area contributed by atoms with Gasteiger partial charge in [-0.3, -0.25) is 14.5 Å². The van der Waals surface area contributed by atoms with Crippen LogP contribution in [0.15, 0.2) is 24.4 Å². The number of rotatable bonds is 4. The fourth-order valence-electron chi connectivity index (χ4n) is 1.47. The van der Waals surface area contributed by atoms with Crippen LogP contribution in [0.25, 0.3) is 5.65 Å². The molecule has 0 aliphatic carbocycles. The second kappa shape index (κ2) is 4.92. The van der Waals surface area contributed by atoms with Gasteiger partial charge in [-0.1, -0.05) is 6.07 Å². The fraction of sp³-hybridized carbons (Fsp3) is 0.364. The summed E-state index contributed by atoms with van der Waals surface area (Å²) in [4.78, 5) is 11.6. The van der Waals surface area contributed by atoms with Crippen molar-refractivity contribution in [3.8, 4) is 0 Å². The smallest absolute Gasteiger partial charge is 0.235 e. The van der Waals surface area contributed by atoms with Gasteiger partial charge >= 0.3 is 0 Å². The average Bonchev–Trinajstić information content (AvgIpc) is 2.70. The zero-order valence-corrected chi connectivity index (χ0v) is 9.63. The van der Waals surface area contributed by atoms with E-state index in [2.05, 4.69) is 15.5 Å². The third-order valence-corrected chi connectivity index (χ3v) is 2.39. The molecular formula is C11H15N5O. The summed E-state index contributed by atoms with van der Waals surface area (Å²) in [6.07, 6.45) is 2.85. The number of anilines is 1. The molecule has 1 atom stereocenters. The highest BCUT2D eigenvalue weighted by Gasteiger charge is 2.09. The van der Waals surface area contributed by atoms with Crippen LogP contribution in [-0.4, -0.2) is 26.5 Å². The second-order valence-electron chi connectivity index (χ2n) is 4.02. The fourth-order valence-corrected chi connectivity index (χ4v) is 1.47. The Kier molecular flexibility index (Phi) is 3.34. The normalized spacial score (nSPS) is 12.6. The molecule has 0 saturated heterocycles. The predicted molar refractivity (Wildman–Crippen MR) is 64.5 cm³/mol. The third-order valence-electron chi connectivity index (χ3n) is 2.39. The van der Waals surface area contributed by atoms with E-state index < -0.39 is 0 Å². The van der Waals surface area contributed by atoms with Crippen molar-refractivity contribution in [2.75, 3.05) is 5.32 Å². The number of aromatic nitrogens is 3. The lowest BCUT2D eigenvalue weighted by Crippen LogP contribution is -2.20. The van der Waals surface area contributed by atoms with Gasteiger partial charge in [0.15, 0.2) is 5.65 Å². The molecule has 0 aliphatic heterocycles. The average molecular weight is 233 g/mol. The van der Waals surface area contributed by atoms with Gasteiger partial charge in [-0.2, -0.15) is 0 Å². The molecule has 0 spiro atoms. The van der Waals surface area contributed by atoms with Gasteiger partial charge in [0, 0.05) is 18.7 Å². The van der Waals surface area contributed by atoms with Crippen molar-refractivity contribution in [3.05, 3.63) is 24.4 Å². The van der Waals surface area contributed by atoms with Gasteiger partial charge in [0.05, 0.1) is 0 Å². The van der Waals surface area contributed by atoms with Gasteiger partial charge in [-0.15, -0.1) is 10.2 Å². The van der Waals surface area contributed by atoms with Crippen molar-refractivity contribution in [2.45, 2.75) is 25.8 Å². The Morgan fingerprint density at radius 3 is 3.12 bits per heavy atom. The molecule has 0 aliphatic rings. The van der Waals surface area contributed by atoms with E-state index in [0.717, 1.165) is 0 Å². The lowest BCUT2D eigenvalue weighted by Gasteiger charge is -2.05. The van der Waals surface area contributed by atoms with Crippen LogP contribution in [0.4, 0.5) is 5.95 Å². The Bertz CT molecular complexity index is 519. The van der Waals surface area contributed by atoms with Gasteiger partial charge in [0.25, 0.3) is 0 Å². The van der Waals surface area contributed by atoms with Crippen molar-refractivity contribution < 1.29 is 4.79 Å². The SMILES string of the molecule is CC(N)CCC(=O)Nc1nnc2ccccn12. The number of carbonyl (C=O) groups excluding carboxylic acids is 1. The molecule has 0 radical (unpaired) electrons. The second-order valence-corrected chi connectivity index (χ2v) is 4.02. The van der Waals surface area contributed by atoms with Crippen LogP contribution in [0, 0.1) is 0 Å². The van der Waals surface area contributed by atoms with Gasteiger partial charge < -0.3 is 5.73 Å². The summed E-state index contributed by atoms with van der Waals surface area (Å²) in [5.41, 5.74) is 6.30. The van der Waals surface area contributed by atoms with Crippen LogP contribution in [0.3, 0.4) is 0 Å². The molecule has 6 nitrogen and oxygen atoms in total. The first-order valence-electron chi connectivity index (χ1n) is 5.52. The standard InChI is InChI=1S/C11H15N5O/c1-8(12)5-6-10(17)13-11-15-14-9-4-2-3-7-16(9)11/h2-4,7-8H,5-6,12H2,1H3,(H,13,15,17). The lowest BCUT2D eigenvalue weighted by atomic mass is 10.2. The quantitative estimate of drug-likeness (QED) is 0.817. The molecule has 2 heterocycles. The van der Waals surface area contributed by atoms with Crippen molar-refractivity contribution in [3.63, 3.8) is 0 Å². The monoisotopic (exact) mass is 233 g/mol. The molecule has 90 valence electrons. The Morgan fingerprint density at radius 2 is 2.35 bits per heavy atom. The lowest BCUT2D eigenvalue weighted by molar-refractivity contribution is -0.116. The Balaban J connectivity index is 2.06. The highest BCUT2D eigenvalue weighted by Crippen LogP contribution is 2.08. The molecule has 2 rings (SSSR count). The number of amides is 1. The molecule has 6 heteroatoms. The van der Waals surface area contributed by atoms with E-state index in [4.69, 9.17) is 5.73 Å². The van der Waals surface area contributed by atoms with E-state index in [1.165, 1.54) is 0 Å². The minimum Gasteiger partial charge on any atom is -0.328 e. The largest absolute Gasteiger partial charge is 0.328 e. The molecular weight excluding hydrogens is 218 g/mol. The predicted octanol–water partition coefficient (Wildman–Crippen LogP) is 0.795. The van der Waals surface area contributed by atoms with E-state index in [9.17, 15) is 4.79 Å². The van der Waals surface area contributed by atoms with Crippen molar-refractivity contribution in [1.82, 2.24) is 14.6 Å². The van der Waals surface area contributed by atoms with Crippen molar-refractivity contribution in [2.24, 2.45) is 5.73 Å². The summed E-state index contributed by atoms with van der Waals surface area (Å²) < 4.78 is 1.73. The zero-order chi connectivity index (χ0) is 12.3. The molecule has 0 bridgehead atoms. The van der Waals surface area contributed by atoms with Gasteiger partial charge in [0.1, 0.15) is 0 Å². The molecule has 0 fully saturated rings. The topological polar surface area (TPSA) is 85.3 Å². The van der Waals surface area contributed by atoms with Gasteiger partial charge in [-0.05, 0) is 25.5 Å². The molecule has 17 heavy (non-hydrogen) atoms. The zero-order valence-electron chi connectivity index (χ0n) is 9.63. The number of nitrogens with one attached hydrogen (secondary N) is 1. The minimum atomic E-state index is -0.0968. The number of pyridine rings is 1. The Labute approximate surface area is 98.8 Å². The summed E-state index contributed by atoms with van der Waals surface area (Å²) in [5, 5.41) is 10.6. The van der Waals surface area contributed by atoms with Crippen LogP contribution in [0.5, 0.6) is 0 Å². The number of carbonyl (C=O) groups is 1. The van der Waals surface area contributed by atoms with E-state index in [1.807, 2.05) is 25.1 Å². The maximum Gasteiger partial charge on any atom is 0.235 e.